The first-order valence-corrected chi connectivity index (χ1v) is 9.27. The molecule has 1 saturated heterocycles. The van der Waals surface area contributed by atoms with E-state index in [-0.39, 0.29) is 18.0 Å². The molecule has 1 atom stereocenters. The number of aromatic nitrogens is 1. The number of likely N-dealkylation sites (tertiary alicyclic amines) is 1. The first kappa shape index (κ1) is 18.6. The molecule has 3 rings (SSSR count). The second-order valence-electron chi connectivity index (χ2n) is 6.95. The monoisotopic (exact) mass is 376 g/mol. The Bertz CT molecular complexity index is 832. The van der Waals surface area contributed by atoms with Gasteiger partial charge in [0.15, 0.2) is 0 Å². The Morgan fingerprint density at radius 1 is 1.42 bits per heavy atom. The van der Waals surface area contributed by atoms with Gasteiger partial charge in [-0.1, -0.05) is 11.6 Å². The number of nitrogens with zero attached hydrogens (tertiary/aromatic N) is 2. The number of rotatable bonds is 3. The fourth-order valence-electron chi connectivity index (χ4n) is 3.54. The Morgan fingerprint density at radius 3 is 2.92 bits per heavy atom. The molecule has 7 heteroatoms. The third-order valence-electron chi connectivity index (χ3n) is 5.25. The number of carbonyl (C=O) groups is 2. The van der Waals surface area contributed by atoms with Crippen molar-refractivity contribution in [2.75, 3.05) is 20.1 Å². The fourth-order valence-corrected chi connectivity index (χ4v) is 3.71. The summed E-state index contributed by atoms with van der Waals surface area (Å²) in [5.74, 6) is 0.0656. The van der Waals surface area contributed by atoms with Gasteiger partial charge >= 0.3 is 6.03 Å². The van der Waals surface area contributed by atoms with Gasteiger partial charge < -0.3 is 20.1 Å². The largest absolute Gasteiger partial charge is 0.357 e. The Kier molecular flexibility index (Phi) is 5.41. The van der Waals surface area contributed by atoms with Gasteiger partial charge in [0.1, 0.15) is 0 Å². The zero-order valence-electron chi connectivity index (χ0n) is 15.4. The van der Waals surface area contributed by atoms with Crippen molar-refractivity contribution in [3.8, 4) is 0 Å². The number of aryl methyl sites for hydroxylation is 1. The van der Waals surface area contributed by atoms with Crippen molar-refractivity contribution in [2.24, 2.45) is 0 Å². The molecule has 0 bridgehead atoms. The Hall–Kier alpha value is -2.21. The predicted molar refractivity (Wildman–Crippen MR) is 103 cm³/mol. The molecule has 1 aliphatic rings. The molecule has 140 valence electrons. The number of hydrogen-bond acceptors (Lipinski definition) is 2. The number of fused-ring (bicyclic) bond motifs is 1. The summed E-state index contributed by atoms with van der Waals surface area (Å²) in [5.41, 5.74) is 3.07. The van der Waals surface area contributed by atoms with E-state index in [4.69, 9.17) is 11.6 Å². The average Bonchev–Trinajstić information content (AvgIpc) is 2.94. The van der Waals surface area contributed by atoms with Gasteiger partial charge in [-0.3, -0.25) is 4.79 Å². The lowest BCUT2D eigenvalue weighted by Gasteiger charge is -2.37. The minimum absolute atomic E-state index is 0.0512. The summed E-state index contributed by atoms with van der Waals surface area (Å²) in [7, 11) is 1.79. The van der Waals surface area contributed by atoms with Crippen LogP contribution >= 0.6 is 11.6 Å². The van der Waals surface area contributed by atoms with Crippen LogP contribution in [0, 0.1) is 6.92 Å². The van der Waals surface area contributed by atoms with Crippen LogP contribution in [0.2, 0.25) is 5.02 Å². The molecule has 1 fully saturated rings. The van der Waals surface area contributed by atoms with Crippen molar-refractivity contribution in [1.29, 1.82) is 0 Å². The van der Waals surface area contributed by atoms with Crippen LogP contribution in [-0.4, -0.2) is 52.9 Å². The quantitative estimate of drug-likeness (QED) is 0.863. The number of urea groups is 1. The van der Waals surface area contributed by atoms with Crippen LogP contribution in [-0.2, 0) is 11.3 Å². The van der Waals surface area contributed by atoms with Crippen molar-refractivity contribution in [2.45, 2.75) is 39.3 Å². The molecule has 2 N–H and O–H groups in total. The number of amides is 3. The van der Waals surface area contributed by atoms with Gasteiger partial charge in [0.2, 0.25) is 5.91 Å². The molecule has 0 saturated carbocycles. The number of nitrogens with one attached hydrogen (secondary N) is 2. The van der Waals surface area contributed by atoms with Crippen LogP contribution in [0.25, 0.3) is 10.9 Å². The van der Waals surface area contributed by atoms with Crippen molar-refractivity contribution in [3.05, 3.63) is 34.5 Å². The smallest absolute Gasteiger partial charge is 0.317 e. The van der Waals surface area contributed by atoms with E-state index in [0.717, 1.165) is 41.5 Å². The summed E-state index contributed by atoms with van der Waals surface area (Å²) >= 11 is 6.07. The van der Waals surface area contributed by atoms with Gasteiger partial charge in [-0.25, -0.2) is 4.79 Å². The molecule has 2 heterocycles. The van der Waals surface area contributed by atoms with E-state index in [2.05, 4.69) is 10.3 Å². The average molecular weight is 377 g/mol. The number of piperidine rings is 1. The highest BCUT2D eigenvalue weighted by molar-refractivity contribution is 6.31. The SMILES string of the molecule is CC(=O)N1CCC[C@@H](N(C)C(=O)NCc2[nH]c3ccc(Cl)cc3c2C)C1. The summed E-state index contributed by atoms with van der Waals surface area (Å²) < 4.78 is 0. The summed E-state index contributed by atoms with van der Waals surface area (Å²) in [6, 6.07) is 5.64. The molecule has 0 spiro atoms. The molecule has 0 radical (unpaired) electrons. The third kappa shape index (κ3) is 3.80. The molecule has 3 amide bonds. The number of aromatic amines is 1. The van der Waals surface area contributed by atoms with E-state index >= 15 is 0 Å². The van der Waals surface area contributed by atoms with Crippen LogP contribution in [0.3, 0.4) is 0 Å². The van der Waals surface area contributed by atoms with Crippen molar-refractivity contribution in [3.63, 3.8) is 0 Å². The molecule has 0 unspecified atom stereocenters. The molecular formula is C19H25ClN4O2. The number of H-pyrrole nitrogens is 1. The molecular weight excluding hydrogens is 352 g/mol. The van der Waals surface area contributed by atoms with E-state index < -0.39 is 0 Å². The second kappa shape index (κ2) is 7.58. The molecule has 1 aromatic carbocycles. The van der Waals surface area contributed by atoms with Crippen LogP contribution < -0.4 is 5.32 Å². The first-order chi connectivity index (χ1) is 12.4. The predicted octanol–water partition coefficient (Wildman–Crippen LogP) is 3.28. The van der Waals surface area contributed by atoms with Gasteiger partial charge in [-0.05, 0) is 43.5 Å². The molecule has 0 aliphatic carbocycles. The zero-order valence-corrected chi connectivity index (χ0v) is 16.2. The normalized spacial score (nSPS) is 17.4. The Balaban J connectivity index is 1.63. The van der Waals surface area contributed by atoms with Gasteiger partial charge in [0, 0.05) is 48.7 Å². The molecule has 6 nitrogen and oxygen atoms in total. The minimum atomic E-state index is -0.128. The van der Waals surface area contributed by atoms with Crippen LogP contribution in [0.15, 0.2) is 18.2 Å². The van der Waals surface area contributed by atoms with Gasteiger partial charge in [0.25, 0.3) is 0 Å². The standard InChI is InChI=1S/C19H25ClN4O2/c1-12-16-9-14(20)6-7-17(16)22-18(12)10-21-19(26)23(3)15-5-4-8-24(11-15)13(2)25/h6-7,9,15,22H,4-5,8,10-11H2,1-3H3,(H,21,26)/t15-/m1/s1. The van der Waals surface area contributed by atoms with Crippen molar-refractivity contribution >= 4 is 34.4 Å². The van der Waals surface area contributed by atoms with Crippen molar-refractivity contribution in [1.82, 2.24) is 20.1 Å². The lowest BCUT2D eigenvalue weighted by molar-refractivity contribution is -0.130. The van der Waals surface area contributed by atoms with Gasteiger partial charge in [-0.15, -0.1) is 0 Å². The van der Waals surface area contributed by atoms with Gasteiger partial charge in [0.05, 0.1) is 12.6 Å². The highest BCUT2D eigenvalue weighted by Gasteiger charge is 2.27. The highest BCUT2D eigenvalue weighted by Crippen LogP contribution is 2.25. The van der Waals surface area contributed by atoms with E-state index in [0.29, 0.717) is 18.1 Å². The van der Waals surface area contributed by atoms with E-state index in [9.17, 15) is 9.59 Å². The highest BCUT2D eigenvalue weighted by atomic mass is 35.5. The second-order valence-corrected chi connectivity index (χ2v) is 7.39. The number of carbonyl (C=O) groups excluding carboxylic acids is 2. The lowest BCUT2D eigenvalue weighted by Crippen LogP contribution is -2.52. The van der Waals surface area contributed by atoms with Crippen LogP contribution in [0.1, 0.15) is 31.0 Å². The topological polar surface area (TPSA) is 68.4 Å². The van der Waals surface area contributed by atoms with Crippen LogP contribution in [0.5, 0.6) is 0 Å². The van der Waals surface area contributed by atoms with Crippen molar-refractivity contribution < 1.29 is 9.59 Å². The molecule has 2 aromatic rings. The first-order valence-electron chi connectivity index (χ1n) is 8.89. The maximum Gasteiger partial charge on any atom is 0.317 e. The van der Waals surface area contributed by atoms with E-state index in [1.54, 1.807) is 18.9 Å². The summed E-state index contributed by atoms with van der Waals surface area (Å²) in [6.45, 7) is 5.39. The minimum Gasteiger partial charge on any atom is -0.357 e. The summed E-state index contributed by atoms with van der Waals surface area (Å²) in [5, 5.41) is 4.74. The Morgan fingerprint density at radius 2 is 2.19 bits per heavy atom. The van der Waals surface area contributed by atoms with E-state index in [1.165, 1.54) is 0 Å². The summed E-state index contributed by atoms with van der Waals surface area (Å²) in [4.78, 5) is 31.0. The molecule has 1 aromatic heterocycles. The van der Waals surface area contributed by atoms with Gasteiger partial charge in [-0.2, -0.15) is 0 Å². The number of likely N-dealkylation sites (N-methyl/N-ethyl adjacent to an activating group) is 1. The summed E-state index contributed by atoms with van der Waals surface area (Å²) in [6.07, 6.45) is 1.83. The maximum atomic E-state index is 12.5. The number of halogens is 1. The van der Waals surface area contributed by atoms with E-state index in [1.807, 2.05) is 30.0 Å². The Labute approximate surface area is 158 Å². The maximum absolute atomic E-state index is 12.5. The lowest BCUT2D eigenvalue weighted by atomic mass is 10.0. The number of benzene rings is 1. The zero-order chi connectivity index (χ0) is 18.8. The fraction of sp³-hybridized carbons (Fsp3) is 0.474. The third-order valence-corrected chi connectivity index (χ3v) is 5.49. The number of hydrogen-bond donors (Lipinski definition) is 2. The molecule has 1 aliphatic heterocycles. The molecule has 26 heavy (non-hydrogen) atoms. The van der Waals surface area contributed by atoms with Crippen LogP contribution in [0.4, 0.5) is 4.79 Å².